The Bertz CT molecular complexity index is 772. The number of hydrogen-bond acceptors (Lipinski definition) is 6. The third-order valence-corrected chi connectivity index (χ3v) is 3.37. The number of halogens is 1. The van der Waals surface area contributed by atoms with Gasteiger partial charge in [-0.25, -0.2) is 0 Å². The molecule has 0 aliphatic heterocycles. The summed E-state index contributed by atoms with van der Waals surface area (Å²) in [4.78, 5) is 11.6. The highest BCUT2D eigenvalue weighted by molar-refractivity contribution is 9.10. The number of aromatic nitrogens is 3. The number of hydrogen-bond donors (Lipinski definition) is 1. The number of nitrogens with one attached hydrogen (secondary N) is 1. The van der Waals surface area contributed by atoms with Gasteiger partial charge in [-0.3, -0.25) is 9.89 Å². The number of rotatable bonds is 4. The molecule has 0 bridgehead atoms. The van der Waals surface area contributed by atoms with Crippen LogP contribution in [0, 0.1) is 4.77 Å². The summed E-state index contributed by atoms with van der Waals surface area (Å²) < 4.78 is 12.3. The van der Waals surface area contributed by atoms with Crippen molar-refractivity contribution in [2.24, 2.45) is 5.10 Å². The van der Waals surface area contributed by atoms with Crippen LogP contribution in [0.3, 0.4) is 0 Å². The summed E-state index contributed by atoms with van der Waals surface area (Å²) >= 11 is 8.33. The zero-order chi connectivity index (χ0) is 15.4. The molecule has 7 nitrogen and oxygen atoms in total. The Kier molecular flexibility index (Phi) is 4.86. The van der Waals surface area contributed by atoms with Crippen molar-refractivity contribution in [3.8, 4) is 11.5 Å². The molecule has 2 rings (SSSR count). The van der Waals surface area contributed by atoms with Crippen molar-refractivity contribution in [1.82, 2.24) is 14.9 Å². The average Bonchev–Trinajstić information content (AvgIpc) is 2.46. The molecule has 9 heteroatoms. The maximum absolute atomic E-state index is 11.6. The fourth-order valence-corrected chi connectivity index (χ4v) is 2.40. The second-order valence-corrected chi connectivity index (χ2v) is 5.05. The molecule has 0 spiro atoms. The topological polar surface area (TPSA) is 81.5 Å². The van der Waals surface area contributed by atoms with Crippen LogP contribution >= 0.6 is 28.1 Å². The minimum Gasteiger partial charge on any atom is -0.493 e. The number of aromatic amines is 1. The molecule has 0 saturated carbocycles. The van der Waals surface area contributed by atoms with Gasteiger partial charge in [0.2, 0.25) is 4.77 Å². The molecule has 0 unspecified atom stereocenters. The molecule has 2 aromatic rings. The van der Waals surface area contributed by atoms with Crippen molar-refractivity contribution in [2.75, 3.05) is 14.2 Å². The Labute approximate surface area is 133 Å². The van der Waals surface area contributed by atoms with Gasteiger partial charge in [0, 0.05) is 0 Å². The largest absolute Gasteiger partial charge is 0.493 e. The van der Waals surface area contributed by atoms with Gasteiger partial charge in [0.15, 0.2) is 11.5 Å². The lowest BCUT2D eigenvalue weighted by Crippen LogP contribution is -2.18. The Balaban J connectivity index is 2.45. The van der Waals surface area contributed by atoms with Crippen molar-refractivity contribution >= 4 is 34.4 Å². The van der Waals surface area contributed by atoms with Crippen LogP contribution in [0.5, 0.6) is 11.5 Å². The van der Waals surface area contributed by atoms with Gasteiger partial charge in [0.05, 0.1) is 24.9 Å². The standard InChI is InChI=1S/C12H11BrN4O3S/c1-19-9-4-7(3-8(13)11(9)20-2)5-15-17-10(18)6-14-16-12(17)21/h3-6H,1-2H3,(H,16,21)/b15-5-. The average molecular weight is 371 g/mol. The predicted octanol–water partition coefficient (Wildman–Crippen LogP) is 1.96. The highest BCUT2D eigenvalue weighted by Gasteiger charge is 2.09. The minimum absolute atomic E-state index is 0.110. The van der Waals surface area contributed by atoms with Gasteiger partial charge in [-0.15, -0.1) is 0 Å². The van der Waals surface area contributed by atoms with Crippen LogP contribution in [0.25, 0.3) is 0 Å². The first-order chi connectivity index (χ1) is 10.1. The lowest BCUT2D eigenvalue weighted by Gasteiger charge is -2.10. The highest BCUT2D eigenvalue weighted by Crippen LogP contribution is 2.35. The lowest BCUT2D eigenvalue weighted by atomic mass is 10.2. The first-order valence-corrected chi connectivity index (χ1v) is 6.89. The summed E-state index contributed by atoms with van der Waals surface area (Å²) in [6.07, 6.45) is 2.58. The summed E-state index contributed by atoms with van der Waals surface area (Å²) in [5, 5.41) is 10.1. The van der Waals surface area contributed by atoms with Gasteiger partial charge in [0.1, 0.15) is 6.20 Å². The van der Waals surface area contributed by atoms with E-state index < -0.39 is 5.56 Å². The molecule has 0 aliphatic carbocycles. The first kappa shape index (κ1) is 15.4. The van der Waals surface area contributed by atoms with Gasteiger partial charge in [-0.05, 0) is 45.8 Å². The lowest BCUT2D eigenvalue weighted by molar-refractivity contribution is 0.353. The molecule has 0 atom stereocenters. The quantitative estimate of drug-likeness (QED) is 0.657. The normalized spacial score (nSPS) is 10.8. The highest BCUT2D eigenvalue weighted by atomic mass is 79.9. The zero-order valence-corrected chi connectivity index (χ0v) is 13.6. The van der Waals surface area contributed by atoms with E-state index in [0.717, 1.165) is 10.9 Å². The Morgan fingerprint density at radius 3 is 2.81 bits per heavy atom. The van der Waals surface area contributed by atoms with E-state index in [4.69, 9.17) is 21.7 Å². The number of H-pyrrole nitrogens is 1. The van der Waals surface area contributed by atoms with E-state index in [1.807, 2.05) is 0 Å². The van der Waals surface area contributed by atoms with Crippen LogP contribution in [0.4, 0.5) is 0 Å². The molecular formula is C12H11BrN4O3S. The third kappa shape index (κ3) is 3.37. The summed E-state index contributed by atoms with van der Waals surface area (Å²) in [5.74, 6) is 1.12. The number of nitrogens with zero attached hydrogens (tertiary/aromatic N) is 3. The Morgan fingerprint density at radius 1 is 1.43 bits per heavy atom. The smallest absolute Gasteiger partial charge is 0.293 e. The summed E-state index contributed by atoms with van der Waals surface area (Å²) in [5.41, 5.74) is 0.284. The maximum atomic E-state index is 11.6. The van der Waals surface area contributed by atoms with Crippen LogP contribution in [-0.4, -0.2) is 35.3 Å². The van der Waals surface area contributed by atoms with Crippen LogP contribution in [0.2, 0.25) is 0 Å². The number of benzene rings is 1. The van der Waals surface area contributed by atoms with Crippen LogP contribution in [0.15, 0.2) is 32.7 Å². The molecule has 1 aromatic heterocycles. The van der Waals surface area contributed by atoms with Gasteiger partial charge < -0.3 is 9.47 Å². The number of methoxy groups -OCH3 is 2. The van der Waals surface area contributed by atoms with Crippen molar-refractivity contribution in [1.29, 1.82) is 0 Å². The molecule has 1 aromatic carbocycles. The van der Waals surface area contributed by atoms with Crippen LogP contribution in [-0.2, 0) is 0 Å². The second-order valence-electron chi connectivity index (χ2n) is 3.81. The third-order valence-electron chi connectivity index (χ3n) is 2.51. The predicted molar refractivity (Wildman–Crippen MR) is 83.9 cm³/mol. The van der Waals surface area contributed by atoms with Gasteiger partial charge in [-0.1, -0.05) is 0 Å². The molecule has 0 aliphatic rings. The van der Waals surface area contributed by atoms with E-state index >= 15 is 0 Å². The van der Waals surface area contributed by atoms with Crippen molar-refractivity contribution in [3.63, 3.8) is 0 Å². The monoisotopic (exact) mass is 370 g/mol. The second kappa shape index (κ2) is 6.64. The molecule has 21 heavy (non-hydrogen) atoms. The maximum Gasteiger partial charge on any atom is 0.293 e. The van der Waals surface area contributed by atoms with E-state index in [1.165, 1.54) is 13.3 Å². The van der Waals surface area contributed by atoms with Gasteiger partial charge in [0.25, 0.3) is 5.56 Å². The molecule has 1 heterocycles. The molecule has 1 N–H and O–H groups in total. The Morgan fingerprint density at radius 2 is 2.19 bits per heavy atom. The fraction of sp³-hybridized carbons (Fsp3) is 0.167. The van der Waals surface area contributed by atoms with E-state index in [1.54, 1.807) is 19.2 Å². The van der Waals surface area contributed by atoms with Crippen molar-refractivity contribution in [3.05, 3.63) is 43.5 Å². The van der Waals surface area contributed by atoms with E-state index in [2.05, 4.69) is 31.2 Å². The van der Waals surface area contributed by atoms with Gasteiger partial charge in [-0.2, -0.15) is 14.9 Å². The molecule has 0 fully saturated rings. The zero-order valence-electron chi connectivity index (χ0n) is 11.2. The Hall–Kier alpha value is -2.00. The van der Waals surface area contributed by atoms with Crippen molar-refractivity contribution < 1.29 is 9.47 Å². The van der Waals surface area contributed by atoms with Crippen LogP contribution < -0.4 is 15.0 Å². The molecule has 110 valence electrons. The number of ether oxygens (including phenoxy) is 2. The first-order valence-electron chi connectivity index (χ1n) is 5.69. The fourth-order valence-electron chi connectivity index (χ4n) is 1.59. The molecule has 0 saturated heterocycles. The van der Waals surface area contributed by atoms with Crippen molar-refractivity contribution in [2.45, 2.75) is 0 Å². The van der Waals surface area contributed by atoms with E-state index in [9.17, 15) is 4.79 Å². The SMILES string of the molecule is COc1cc(/C=N\n2c(=O)cn[nH]c2=S)cc(Br)c1OC. The van der Waals surface area contributed by atoms with Crippen LogP contribution in [0.1, 0.15) is 5.56 Å². The molecule has 0 amide bonds. The molecular weight excluding hydrogens is 360 g/mol. The summed E-state index contributed by atoms with van der Waals surface area (Å²) in [6.45, 7) is 0. The van der Waals surface area contributed by atoms with E-state index in [0.29, 0.717) is 21.5 Å². The van der Waals surface area contributed by atoms with E-state index in [-0.39, 0.29) is 4.77 Å². The summed E-state index contributed by atoms with van der Waals surface area (Å²) in [6, 6.07) is 3.51. The minimum atomic E-state index is -0.422. The molecule has 0 radical (unpaired) electrons. The van der Waals surface area contributed by atoms with Gasteiger partial charge >= 0.3 is 0 Å². The summed E-state index contributed by atoms with van der Waals surface area (Å²) in [7, 11) is 3.08.